The smallest absolute Gasteiger partial charge is 0.404 e. The van der Waals surface area contributed by atoms with E-state index in [1.165, 1.54) is 0 Å². The number of primary amides is 1. The molecule has 0 unspecified atom stereocenters. The van der Waals surface area contributed by atoms with Crippen LogP contribution in [0.5, 0.6) is 0 Å². The van der Waals surface area contributed by atoms with Gasteiger partial charge < -0.3 is 10.5 Å². The van der Waals surface area contributed by atoms with Crippen molar-refractivity contribution < 1.29 is 14.6 Å². The number of rotatable bonds is 5. The van der Waals surface area contributed by atoms with Crippen LogP contribution in [0.2, 0.25) is 0 Å². The predicted octanol–water partition coefficient (Wildman–Crippen LogP) is 0.683. The van der Waals surface area contributed by atoms with E-state index < -0.39 is 6.09 Å². The molecule has 0 aliphatic heterocycles. The van der Waals surface area contributed by atoms with E-state index in [0.717, 1.165) is 12.8 Å². The molecule has 0 saturated heterocycles. The monoisotopic (exact) mass is 146 g/mol. The Morgan fingerprint density at radius 3 is 2.50 bits per heavy atom. The van der Waals surface area contributed by atoms with Crippen molar-refractivity contribution in [2.75, 3.05) is 13.2 Å². The van der Waals surface area contributed by atoms with Crippen LogP contribution in [0.15, 0.2) is 0 Å². The SMILES string of the molecule is NC(=O)OCCCCC[O]. The second-order valence-electron chi connectivity index (χ2n) is 1.93. The standard InChI is InChI=1S/C6H12NO3/c7-6(9)10-5-3-1-2-4-8/h1-5H2,(H2,7,9). The summed E-state index contributed by atoms with van der Waals surface area (Å²) in [5.74, 6) is 0. The first-order valence-electron chi connectivity index (χ1n) is 3.27. The van der Waals surface area contributed by atoms with Crippen LogP contribution in [0.4, 0.5) is 4.79 Å². The summed E-state index contributed by atoms with van der Waals surface area (Å²) < 4.78 is 4.43. The fourth-order valence-electron chi connectivity index (χ4n) is 0.554. The van der Waals surface area contributed by atoms with Crippen molar-refractivity contribution in [2.45, 2.75) is 19.3 Å². The summed E-state index contributed by atoms with van der Waals surface area (Å²) >= 11 is 0. The van der Waals surface area contributed by atoms with Gasteiger partial charge >= 0.3 is 6.09 Å². The second-order valence-corrected chi connectivity index (χ2v) is 1.93. The molecule has 0 aromatic heterocycles. The van der Waals surface area contributed by atoms with Crippen molar-refractivity contribution >= 4 is 6.09 Å². The van der Waals surface area contributed by atoms with Crippen LogP contribution in [0.25, 0.3) is 0 Å². The first kappa shape index (κ1) is 9.23. The van der Waals surface area contributed by atoms with Gasteiger partial charge in [0.05, 0.1) is 13.2 Å². The molecule has 0 aliphatic rings. The van der Waals surface area contributed by atoms with Crippen molar-refractivity contribution in [2.24, 2.45) is 5.73 Å². The maximum absolute atomic E-state index is 9.97. The Labute approximate surface area is 60.0 Å². The largest absolute Gasteiger partial charge is 0.450 e. The summed E-state index contributed by atoms with van der Waals surface area (Å²) in [6, 6.07) is 0. The minimum absolute atomic E-state index is 0.0590. The number of amides is 1. The van der Waals surface area contributed by atoms with Gasteiger partial charge in [-0.2, -0.15) is 0 Å². The Hall–Kier alpha value is -0.770. The Morgan fingerprint density at radius 1 is 1.30 bits per heavy atom. The average molecular weight is 146 g/mol. The normalized spacial score (nSPS) is 9.30. The summed E-state index contributed by atoms with van der Waals surface area (Å²) in [4.78, 5) is 9.97. The zero-order valence-corrected chi connectivity index (χ0v) is 5.84. The lowest BCUT2D eigenvalue weighted by molar-refractivity contribution is 0.150. The van der Waals surface area contributed by atoms with Crippen LogP contribution in [0.1, 0.15) is 19.3 Å². The summed E-state index contributed by atoms with van der Waals surface area (Å²) in [7, 11) is 0. The van der Waals surface area contributed by atoms with Gasteiger partial charge in [0.15, 0.2) is 0 Å². The number of nitrogens with two attached hydrogens (primary N) is 1. The first-order valence-corrected chi connectivity index (χ1v) is 3.27. The molecule has 0 rings (SSSR count). The molecule has 0 spiro atoms. The van der Waals surface area contributed by atoms with Crippen LogP contribution in [0, 0.1) is 0 Å². The van der Waals surface area contributed by atoms with E-state index in [4.69, 9.17) is 0 Å². The fourth-order valence-corrected chi connectivity index (χ4v) is 0.554. The van der Waals surface area contributed by atoms with Gasteiger partial charge in [0.25, 0.3) is 0 Å². The number of ether oxygens (including phenoxy) is 1. The van der Waals surface area contributed by atoms with Gasteiger partial charge in [0.1, 0.15) is 0 Å². The highest BCUT2D eigenvalue weighted by atomic mass is 16.5. The molecule has 0 fully saturated rings. The third-order valence-corrected chi connectivity index (χ3v) is 1.03. The van der Waals surface area contributed by atoms with E-state index in [9.17, 15) is 9.90 Å². The van der Waals surface area contributed by atoms with E-state index >= 15 is 0 Å². The molecular formula is C6H12NO3. The van der Waals surface area contributed by atoms with Crippen LogP contribution in [0.3, 0.4) is 0 Å². The van der Waals surface area contributed by atoms with Gasteiger partial charge in [-0.15, -0.1) is 0 Å². The Balaban J connectivity index is 2.84. The molecule has 0 bridgehead atoms. The van der Waals surface area contributed by atoms with Crippen molar-refractivity contribution in [3.63, 3.8) is 0 Å². The van der Waals surface area contributed by atoms with Crippen LogP contribution in [-0.4, -0.2) is 19.3 Å². The summed E-state index contributed by atoms with van der Waals surface area (Å²) in [5.41, 5.74) is 4.68. The second kappa shape index (κ2) is 6.35. The van der Waals surface area contributed by atoms with Gasteiger partial charge in [-0.25, -0.2) is 9.90 Å². The molecule has 0 atom stereocenters. The number of hydrogen-bond donors (Lipinski definition) is 1. The molecule has 0 aromatic rings. The molecule has 2 N–H and O–H groups in total. The Morgan fingerprint density at radius 2 is 2.00 bits per heavy atom. The highest BCUT2D eigenvalue weighted by Crippen LogP contribution is 1.93. The Bertz CT molecular complexity index is 95.0. The van der Waals surface area contributed by atoms with Crippen molar-refractivity contribution in [3.05, 3.63) is 0 Å². The van der Waals surface area contributed by atoms with Crippen molar-refractivity contribution in [3.8, 4) is 0 Å². The van der Waals surface area contributed by atoms with E-state index in [1.807, 2.05) is 0 Å². The molecule has 10 heavy (non-hydrogen) atoms. The van der Waals surface area contributed by atoms with Gasteiger partial charge in [0.2, 0.25) is 0 Å². The quantitative estimate of drug-likeness (QED) is 0.579. The lowest BCUT2D eigenvalue weighted by atomic mass is 10.2. The maximum Gasteiger partial charge on any atom is 0.404 e. The number of carbonyl (C=O) groups is 1. The van der Waals surface area contributed by atoms with E-state index in [0.29, 0.717) is 13.0 Å². The molecule has 59 valence electrons. The number of unbranched alkanes of at least 4 members (excludes halogenated alkanes) is 2. The summed E-state index contributed by atoms with van der Waals surface area (Å²) in [6.45, 7) is 0.270. The fraction of sp³-hybridized carbons (Fsp3) is 0.833. The third kappa shape index (κ3) is 7.23. The molecule has 1 radical (unpaired) electrons. The van der Waals surface area contributed by atoms with Gasteiger partial charge in [-0.1, -0.05) is 0 Å². The molecule has 0 aromatic carbocycles. The first-order chi connectivity index (χ1) is 4.77. The van der Waals surface area contributed by atoms with Crippen molar-refractivity contribution in [1.82, 2.24) is 0 Å². The van der Waals surface area contributed by atoms with Gasteiger partial charge in [0, 0.05) is 0 Å². The predicted molar refractivity (Wildman–Crippen MR) is 34.9 cm³/mol. The van der Waals surface area contributed by atoms with E-state index in [-0.39, 0.29) is 6.61 Å². The van der Waals surface area contributed by atoms with E-state index in [1.54, 1.807) is 0 Å². The highest BCUT2D eigenvalue weighted by Gasteiger charge is 1.92. The van der Waals surface area contributed by atoms with E-state index in [2.05, 4.69) is 10.5 Å². The molecule has 0 saturated carbocycles. The molecule has 0 heterocycles. The molecule has 4 heteroatoms. The minimum Gasteiger partial charge on any atom is -0.450 e. The topological polar surface area (TPSA) is 72.2 Å². The lowest BCUT2D eigenvalue weighted by Crippen LogP contribution is -2.13. The number of carbonyl (C=O) groups excluding carboxylic acids is 1. The maximum atomic E-state index is 9.97. The highest BCUT2D eigenvalue weighted by molar-refractivity contribution is 5.64. The van der Waals surface area contributed by atoms with Crippen LogP contribution >= 0.6 is 0 Å². The molecule has 0 aliphatic carbocycles. The Kier molecular flexibility index (Phi) is 5.86. The zero-order valence-electron chi connectivity index (χ0n) is 5.84. The molecule has 4 nitrogen and oxygen atoms in total. The third-order valence-electron chi connectivity index (χ3n) is 1.03. The lowest BCUT2D eigenvalue weighted by Gasteiger charge is -1.98. The molecular weight excluding hydrogens is 134 g/mol. The minimum atomic E-state index is -0.748. The summed E-state index contributed by atoms with van der Waals surface area (Å²) in [6.07, 6.45) is 1.42. The zero-order chi connectivity index (χ0) is 7.82. The van der Waals surface area contributed by atoms with Gasteiger partial charge in [-0.3, -0.25) is 0 Å². The molecule has 1 amide bonds. The van der Waals surface area contributed by atoms with Crippen LogP contribution < -0.4 is 5.73 Å². The number of hydrogen-bond acceptors (Lipinski definition) is 2. The van der Waals surface area contributed by atoms with Crippen molar-refractivity contribution in [1.29, 1.82) is 0 Å². The average Bonchev–Trinajstić information content (AvgIpc) is 1.87. The van der Waals surface area contributed by atoms with Gasteiger partial charge in [-0.05, 0) is 19.3 Å². The summed E-state index contributed by atoms with van der Waals surface area (Å²) in [5, 5.41) is 9.89. The van der Waals surface area contributed by atoms with Crippen LogP contribution in [-0.2, 0) is 9.84 Å².